The molecular weight excluding hydrogens is 482 g/mol. The first-order valence-electron chi connectivity index (χ1n) is 13.7. The summed E-state index contributed by atoms with van der Waals surface area (Å²) in [5.74, 6) is 0.139. The Bertz CT molecular complexity index is 1260. The Kier molecular flexibility index (Phi) is 6.99. The van der Waals surface area contributed by atoms with Gasteiger partial charge in [0.25, 0.3) is 0 Å². The number of nitrogens with zero attached hydrogens (tertiary/aromatic N) is 5. The molecule has 0 saturated carbocycles. The average Bonchev–Trinajstić information content (AvgIpc) is 3.36. The predicted octanol–water partition coefficient (Wildman–Crippen LogP) is 3.22. The molecule has 9 heteroatoms. The summed E-state index contributed by atoms with van der Waals surface area (Å²) >= 11 is 0. The summed E-state index contributed by atoms with van der Waals surface area (Å²) in [6, 6.07) is 13.4. The zero-order valence-electron chi connectivity index (χ0n) is 22.2. The van der Waals surface area contributed by atoms with Gasteiger partial charge in [-0.25, -0.2) is 9.31 Å². The lowest BCUT2D eigenvalue weighted by Crippen LogP contribution is -2.51. The van der Waals surface area contributed by atoms with Gasteiger partial charge in [-0.05, 0) is 43.5 Å². The van der Waals surface area contributed by atoms with Crippen LogP contribution in [0.1, 0.15) is 31.7 Å². The maximum Gasteiger partial charge on any atom is 0.410 e. The van der Waals surface area contributed by atoms with E-state index in [2.05, 4.69) is 65.3 Å². The molecular formula is C29H37N5O4. The molecule has 38 heavy (non-hydrogen) atoms. The Balaban J connectivity index is 1.16. The Morgan fingerprint density at radius 1 is 1.05 bits per heavy atom. The molecule has 6 rings (SSSR count). The number of anilines is 1. The van der Waals surface area contributed by atoms with Gasteiger partial charge >= 0.3 is 6.09 Å². The summed E-state index contributed by atoms with van der Waals surface area (Å²) in [6.45, 7) is 10.0. The summed E-state index contributed by atoms with van der Waals surface area (Å²) in [5, 5.41) is 15.2. The molecule has 0 spiro atoms. The fourth-order valence-electron chi connectivity index (χ4n) is 5.74. The molecule has 5 heterocycles. The lowest BCUT2D eigenvalue weighted by Gasteiger charge is -2.38. The molecule has 202 valence electrons. The van der Waals surface area contributed by atoms with Crippen molar-refractivity contribution in [1.29, 1.82) is 0 Å². The Hall–Kier alpha value is -3.14. The minimum atomic E-state index is -0.297. The van der Waals surface area contributed by atoms with Crippen LogP contribution in [0, 0.1) is 0 Å². The van der Waals surface area contributed by atoms with Gasteiger partial charge in [-0.2, -0.15) is 5.10 Å². The third-order valence-electron chi connectivity index (χ3n) is 8.25. The van der Waals surface area contributed by atoms with E-state index in [9.17, 15) is 9.90 Å². The van der Waals surface area contributed by atoms with Gasteiger partial charge in [-0.15, -0.1) is 0 Å². The van der Waals surface area contributed by atoms with Crippen LogP contribution in [0.4, 0.5) is 10.5 Å². The largest absolute Gasteiger partial charge is 0.441 e. The zero-order chi connectivity index (χ0) is 26.2. The number of aromatic nitrogens is 2. The molecule has 3 aliphatic heterocycles. The quantitative estimate of drug-likeness (QED) is 0.554. The first-order valence-corrected chi connectivity index (χ1v) is 13.7. The number of fused-ring (bicyclic) bond motifs is 1. The number of piperazine rings is 1. The van der Waals surface area contributed by atoms with Gasteiger partial charge in [0.2, 0.25) is 0 Å². The van der Waals surface area contributed by atoms with E-state index in [-0.39, 0.29) is 24.2 Å². The average molecular weight is 520 g/mol. The van der Waals surface area contributed by atoms with Gasteiger partial charge in [0.15, 0.2) is 6.10 Å². The fraction of sp³-hybridized carbons (Fsp3) is 0.517. The van der Waals surface area contributed by atoms with Gasteiger partial charge in [0.05, 0.1) is 30.5 Å². The topological polar surface area (TPSA) is 82.8 Å². The lowest BCUT2D eigenvalue weighted by molar-refractivity contribution is -0.104. The fourth-order valence-corrected chi connectivity index (χ4v) is 5.74. The van der Waals surface area contributed by atoms with Gasteiger partial charge in [-0.3, -0.25) is 0 Å². The number of aliphatic hydroxyl groups is 1. The van der Waals surface area contributed by atoms with Crippen molar-refractivity contribution in [2.45, 2.75) is 44.4 Å². The van der Waals surface area contributed by atoms with Crippen LogP contribution in [-0.2, 0) is 9.47 Å². The summed E-state index contributed by atoms with van der Waals surface area (Å²) < 4.78 is 12.5. The number of rotatable bonds is 5. The van der Waals surface area contributed by atoms with Crippen LogP contribution >= 0.6 is 0 Å². The Morgan fingerprint density at radius 3 is 2.50 bits per heavy atom. The summed E-state index contributed by atoms with van der Waals surface area (Å²) in [4.78, 5) is 18.9. The molecule has 1 amide bonds. The lowest BCUT2D eigenvalue weighted by atomic mass is 9.87. The van der Waals surface area contributed by atoms with Crippen molar-refractivity contribution in [3.63, 3.8) is 0 Å². The molecule has 2 atom stereocenters. The highest BCUT2D eigenvalue weighted by molar-refractivity contribution is 5.80. The highest BCUT2D eigenvalue weighted by Crippen LogP contribution is 2.32. The van der Waals surface area contributed by atoms with E-state index in [1.54, 1.807) is 4.90 Å². The van der Waals surface area contributed by atoms with Crippen molar-refractivity contribution in [3.8, 4) is 11.1 Å². The van der Waals surface area contributed by atoms with Crippen LogP contribution in [0.5, 0.6) is 0 Å². The number of amides is 1. The predicted molar refractivity (Wildman–Crippen MR) is 146 cm³/mol. The first kappa shape index (κ1) is 25.2. The van der Waals surface area contributed by atoms with Gasteiger partial charge in [-0.1, -0.05) is 24.3 Å². The second-order valence-electron chi connectivity index (χ2n) is 11.0. The molecule has 1 aromatic carbocycles. The Labute approximate surface area is 223 Å². The van der Waals surface area contributed by atoms with E-state index < -0.39 is 0 Å². The molecule has 0 bridgehead atoms. The van der Waals surface area contributed by atoms with Crippen LogP contribution in [0.25, 0.3) is 16.6 Å². The van der Waals surface area contributed by atoms with Crippen LogP contribution in [-0.4, -0.2) is 101 Å². The second-order valence-corrected chi connectivity index (χ2v) is 11.0. The third-order valence-corrected chi connectivity index (χ3v) is 8.25. The molecule has 9 nitrogen and oxygen atoms in total. The monoisotopic (exact) mass is 519 g/mol. The highest BCUT2D eigenvalue weighted by atomic mass is 16.6. The van der Waals surface area contributed by atoms with E-state index in [4.69, 9.17) is 9.47 Å². The number of ether oxygens (including phenoxy) is 2. The van der Waals surface area contributed by atoms with Gasteiger partial charge in [0.1, 0.15) is 0 Å². The summed E-state index contributed by atoms with van der Waals surface area (Å²) in [7, 11) is 0. The van der Waals surface area contributed by atoms with Crippen LogP contribution in [0.3, 0.4) is 0 Å². The number of carbonyl (C=O) groups excluding carboxylic acids is 1. The number of likely N-dealkylation sites (tertiary alicyclic amines) is 1. The minimum Gasteiger partial charge on any atom is -0.441 e. The smallest absolute Gasteiger partial charge is 0.410 e. The molecule has 0 radical (unpaired) electrons. The summed E-state index contributed by atoms with van der Waals surface area (Å²) in [6.07, 6.45) is 4.07. The van der Waals surface area contributed by atoms with Crippen molar-refractivity contribution in [2.24, 2.45) is 0 Å². The third kappa shape index (κ3) is 4.98. The van der Waals surface area contributed by atoms with Crippen molar-refractivity contribution >= 4 is 17.3 Å². The Morgan fingerprint density at radius 2 is 1.82 bits per heavy atom. The van der Waals surface area contributed by atoms with E-state index >= 15 is 0 Å². The molecule has 1 N–H and O–H groups in total. The number of hydrogen-bond donors (Lipinski definition) is 1. The first-order chi connectivity index (χ1) is 18.5. The normalized spacial score (nSPS) is 23.2. The molecule has 3 aliphatic rings. The van der Waals surface area contributed by atoms with Crippen molar-refractivity contribution in [3.05, 3.63) is 54.4 Å². The zero-order valence-corrected chi connectivity index (χ0v) is 22.2. The maximum atomic E-state index is 12.4. The van der Waals surface area contributed by atoms with E-state index in [1.807, 2.05) is 16.8 Å². The molecule has 3 fully saturated rings. The van der Waals surface area contributed by atoms with Crippen LogP contribution in [0.15, 0.2) is 48.8 Å². The van der Waals surface area contributed by atoms with Crippen LogP contribution in [0.2, 0.25) is 0 Å². The number of hydrogen-bond acceptors (Lipinski definition) is 7. The van der Waals surface area contributed by atoms with Crippen molar-refractivity contribution in [2.75, 3.05) is 57.4 Å². The van der Waals surface area contributed by atoms with Crippen LogP contribution < -0.4 is 4.90 Å². The SMILES string of the molecule is CC(C)N1CC[C@H](O)[C@@H](c2ccc(-c3cc4c(N5CCN(C(=O)OC6COC6)CC5)ccnn4c3)cc2)C1. The molecule has 0 unspecified atom stereocenters. The van der Waals surface area contributed by atoms with E-state index in [0.717, 1.165) is 54.9 Å². The van der Waals surface area contributed by atoms with Crippen molar-refractivity contribution < 1.29 is 19.4 Å². The number of piperidine rings is 1. The number of benzene rings is 1. The van der Waals surface area contributed by atoms with E-state index in [0.29, 0.717) is 32.3 Å². The minimum absolute atomic E-state index is 0.101. The number of carbonyl (C=O) groups is 1. The second kappa shape index (κ2) is 10.6. The molecule has 2 aromatic heterocycles. The molecule has 0 aliphatic carbocycles. The van der Waals surface area contributed by atoms with Crippen molar-refractivity contribution in [1.82, 2.24) is 19.4 Å². The molecule has 3 saturated heterocycles. The maximum absolute atomic E-state index is 12.4. The number of aliphatic hydroxyl groups excluding tert-OH is 1. The highest BCUT2D eigenvalue weighted by Gasteiger charge is 2.31. The van der Waals surface area contributed by atoms with Gasteiger partial charge < -0.3 is 29.3 Å². The standard InChI is InChI=1S/C29H37N5O4/c1-20(2)33-10-8-28(35)25(17-33)22-5-3-21(4-6-22)23-15-27-26(7-9-30-34(27)16-23)31-11-13-32(14-12-31)29(36)38-24-18-37-19-24/h3-7,9,15-16,20,24-25,28,35H,8,10-14,17-19H2,1-2H3/t25-,28+/m1/s1. The molecule has 3 aromatic rings. The van der Waals surface area contributed by atoms with Gasteiger partial charge in [0, 0.05) is 69.2 Å². The van der Waals surface area contributed by atoms with E-state index in [1.165, 1.54) is 5.56 Å². The summed E-state index contributed by atoms with van der Waals surface area (Å²) in [5.41, 5.74) is 5.58.